The first kappa shape index (κ1) is 13.6. The normalized spacial score (nSPS) is 14.1. The summed E-state index contributed by atoms with van der Waals surface area (Å²) in [6.07, 6.45) is 1.05. The summed E-state index contributed by atoms with van der Waals surface area (Å²) >= 11 is 1.68. The summed E-state index contributed by atoms with van der Waals surface area (Å²) in [5, 5.41) is 6.45. The second kappa shape index (κ2) is 5.75. The van der Waals surface area contributed by atoms with Gasteiger partial charge in [0.05, 0.1) is 5.69 Å². The number of ether oxygens (including phenoxy) is 1. The zero-order valence-corrected chi connectivity index (χ0v) is 11.6. The fraction of sp³-hybridized carbons (Fsp3) is 0.750. The Morgan fingerprint density at radius 1 is 1.50 bits per heavy atom. The van der Waals surface area contributed by atoms with E-state index in [1.165, 1.54) is 0 Å². The number of rotatable bonds is 6. The van der Waals surface area contributed by atoms with E-state index in [1.54, 1.807) is 11.3 Å². The largest absolute Gasteiger partial charge is 0.369 e. The van der Waals surface area contributed by atoms with Gasteiger partial charge in [0.15, 0.2) is 0 Å². The number of hydrogen-bond acceptors (Lipinski definition) is 4. The molecule has 1 rings (SSSR count). The molecule has 0 saturated heterocycles. The van der Waals surface area contributed by atoms with E-state index in [0.29, 0.717) is 12.6 Å². The maximum Gasteiger partial charge on any atom is 0.124 e. The fourth-order valence-electron chi connectivity index (χ4n) is 1.71. The zero-order chi connectivity index (χ0) is 12.2. The van der Waals surface area contributed by atoms with E-state index in [2.05, 4.69) is 36.5 Å². The van der Waals surface area contributed by atoms with Crippen molar-refractivity contribution >= 4 is 11.3 Å². The van der Waals surface area contributed by atoms with Gasteiger partial charge < -0.3 is 10.1 Å². The summed E-state index contributed by atoms with van der Waals surface area (Å²) in [5.74, 6) is 0. The van der Waals surface area contributed by atoms with Crippen LogP contribution in [0.5, 0.6) is 0 Å². The second-order valence-electron chi connectivity index (χ2n) is 4.27. The van der Waals surface area contributed by atoms with Crippen molar-refractivity contribution in [2.75, 3.05) is 13.7 Å². The van der Waals surface area contributed by atoms with E-state index in [4.69, 9.17) is 4.74 Å². The van der Waals surface area contributed by atoms with E-state index in [-0.39, 0.29) is 5.60 Å². The van der Waals surface area contributed by atoms with E-state index >= 15 is 0 Å². The number of aromatic nitrogens is 1. The van der Waals surface area contributed by atoms with Crippen LogP contribution in [0.3, 0.4) is 0 Å². The van der Waals surface area contributed by atoms with Crippen molar-refractivity contribution in [1.29, 1.82) is 0 Å². The molecule has 0 bridgehead atoms. The molecule has 0 aliphatic heterocycles. The Bertz CT molecular complexity index is 319. The highest BCUT2D eigenvalue weighted by Crippen LogP contribution is 2.29. The Hall–Kier alpha value is -0.450. The molecule has 4 heteroatoms. The molecule has 0 aromatic carbocycles. The van der Waals surface area contributed by atoms with Crippen LogP contribution in [0.2, 0.25) is 0 Å². The summed E-state index contributed by atoms with van der Waals surface area (Å²) in [6, 6.07) is 0.349. The van der Waals surface area contributed by atoms with Gasteiger partial charge in [-0.3, -0.25) is 0 Å². The van der Waals surface area contributed by atoms with Crippen LogP contribution in [-0.2, 0) is 10.3 Å². The molecular formula is C12H22N2OS. The molecule has 1 N–H and O–H groups in total. The summed E-state index contributed by atoms with van der Waals surface area (Å²) in [6.45, 7) is 9.02. The summed E-state index contributed by atoms with van der Waals surface area (Å²) < 4.78 is 5.70. The van der Waals surface area contributed by atoms with Crippen molar-refractivity contribution in [2.24, 2.45) is 0 Å². The number of nitrogens with zero attached hydrogens (tertiary/aromatic N) is 1. The number of hydrogen-bond donors (Lipinski definition) is 1. The Kier molecular flexibility index (Phi) is 4.89. The lowest BCUT2D eigenvalue weighted by atomic mass is 10.1. The molecule has 0 aliphatic rings. The highest BCUT2D eigenvalue weighted by molar-refractivity contribution is 7.09. The zero-order valence-electron chi connectivity index (χ0n) is 10.8. The highest BCUT2D eigenvalue weighted by Gasteiger charge is 2.25. The summed E-state index contributed by atoms with van der Waals surface area (Å²) in [7, 11) is 1.97. The number of thiazole rings is 1. The molecule has 3 nitrogen and oxygen atoms in total. The smallest absolute Gasteiger partial charge is 0.124 e. The molecule has 1 atom stereocenters. The highest BCUT2D eigenvalue weighted by atomic mass is 32.1. The van der Waals surface area contributed by atoms with Crippen molar-refractivity contribution in [3.05, 3.63) is 16.1 Å². The first-order valence-corrected chi connectivity index (χ1v) is 6.70. The van der Waals surface area contributed by atoms with E-state index < -0.39 is 0 Å². The fourth-order valence-corrected chi connectivity index (χ4v) is 2.66. The van der Waals surface area contributed by atoms with Gasteiger partial charge in [-0.25, -0.2) is 4.98 Å². The molecule has 16 heavy (non-hydrogen) atoms. The molecule has 0 fully saturated rings. The molecule has 1 aromatic rings. The van der Waals surface area contributed by atoms with Crippen molar-refractivity contribution in [1.82, 2.24) is 10.3 Å². The first-order valence-electron chi connectivity index (χ1n) is 5.82. The van der Waals surface area contributed by atoms with Crippen LogP contribution in [0.1, 0.15) is 50.9 Å². The Balaban J connectivity index is 2.85. The van der Waals surface area contributed by atoms with Crippen LogP contribution in [-0.4, -0.2) is 18.6 Å². The lowest BCUT2D eigenvalue weighted by Crippen LogP contribution is -2.22. The maximum absolute atomic E-state index is 5.70. The molecule has 1 aromatic heterocycles. The van der Waals surface area contributed by atoms with Crippen molar-refractivity contribution in [2.45, 2.75) is 45.8 Å². The quantitative estimate of drug-likeness (QED) is 0.832. The van der Waals surface area contributed by atoms with Gasteiger partial charge in [-0.05, 0) is 34.2 Å². The monoisotopic (exact) mass is 242 g/mol. The van der Waals surface area contributed by atoms with Crippen LogP contribution in [0.25, 0.3) is 0 Å². The van der Waals surface area contributed by atoms with Gasteiger partial charge in [-0.2, -0.15) is 0 Å². The SMILES string of the molecule is CCOC(C)(C)c1nc(C(CC)NC)cs1. The van der Waals surface area contributed by atoms with Crippen LogP contribution < -0.4 is 5.32 Å². The predicted molar refractivity (Wildman–Crippen MR) is 68.9 cm³/mol. The Morgan fingerprint density at radius 3 is 2.69 bits per heavy atom. The summed E-state index contributed by atoms with van der Waals surface area (Å²) in [5.41, 5.74) is 0.849. The van der Waals surface area contributed by atoms with Crippen LogP contribution in [0, 0.1) is 0 Å². The van der Waals surface area contributed by atoms with Gasteiger partial charge in [0.2, 0.25) is 0 Å². The van der Waals surface area contributed by atoms with Crippen molar-refractivity contribution in [3.63, 3.8) is 0 Å². The predicted octanol–water partition coefficient (Wildman–Crippen LogP) is 3.09. The molecular weight excluding hydrogens is 220 g/mol. The topological polar surface area (TPSA) is 34.1 Å². The third-order valence-corrected chi connectivity index (χ3v) is 3.82. The lowest BCUT2D eigenvalue weighted by Gasteiger charge is -2.21. The number of nitrogens with one attached hydrogen (secondary N) is 1. The molecule has 0 saturated carbocycles. The van der Waals surface area contributed by atoms with Gasteiger partial charge in [-0.1, -0.05) is 6.92 Å². The van der Waals surface area contributed by atoms with Crippen LogP contribution >= 0.6 is 11.3 Å². The minimum atomic E-state index is -0.274. The van der Waals surface area contributed by atoms with Crippen LogP contribution in [0.4, 0.5) is 0 Å². The lowest BCUT2D eigenvalue weighted by molar-refractivity contribution is -0.0142. The Morgan fingerprint density at radius 2 is 2.19 bits per heavy atom. The first-order chi connectivity index (χ1) is 7.55. The maximum atomic E-state index is 5.70. The van der Waals surface area contributed by atoms with Crippen LogP contribution in [0.15, 0.2) is 5.38 Å². The molecule has 1 unspecified atom stereocenters. The minimum Gasteiger partial charge on any atom is -0.369 e. The third kappa shape index (κ3) is 3.03. The molecule has 92 valence electrons. The standard InChI is InChI=1S/C12H22N2OS/c1-6-9(13-5)10-8-16-11(14-10)12(3,4)15-7-2/h8-9,13H,6-7H2,1-5H3. The van der Waals surface area contributed by atoms with Gasteiger partial charge in [0, 0.05) is 18.0 Å². The van der Waals surface area contributed by atoms with E-state index in [1.807, 2.05) is 14.0 Å². The van der Waals surface area contributed by atoms with Gasteiger partial charge in [-0.15, -0.1) is 11.3 Å². The van der Waals surface area contributed by atoms with Gasteiger partial charge >= 0.3 is 0 Å². The molecule has 0 radical (unpaired) electrons. The van der Waals surface area contributed by atoms with Gasteiger partial charge in [0.1, 0.15) is 10.6 Å². The van der Waals surface area contributed by atoms with E-state index in [0.717, 1.165) is 17.1 Å². The average molecular weight is 242 g/mol. The molecule has 0 amide bonds. The molecule has 1 heterocycles. The van der Waals surface area contributed by atoms with E-state index in [9.17, 15) is 0 Å². The molecule has 0 spiro atoms. The minimum absolute atomic E-state index is 0.274. The van der Waals surface area contributed by atoms with Crippen molar-refractivity contribution < 1.29 is 4.74 Å². The van der Waals surface area contributed by atoms with Crippen molar-refractivity contribution in [3.8, 4) is 0 Å². The molecule has 0 aliphatic carbocycles. The third-order valence-electron chi connectivity index (χ3n) is 2.66. The second-order valence-corrected chi connectivity index (χ2v) is 5.13. The average Bonchev–Trinajstić information content (AvgIpc) is 2.69. The summed E-state index contributed by atoms with van der Waals surface area (Å²) in [4.78, 5) is 4.67. The van der Waals surface area contributed by atoms with Gasteiger partial charge in [0.25, 0.3) is 0 Å². The Labute approximate surface area is 102 Å².